The fourth-order valence-electron chi connectivity index (χ4n) is 1.76. The second-order valence-corrected chi connectivity index (χ2v) is 5.47. The maximum atomic E-state index is 5.01. The van der Waals surface area contributed by atoms with E-state index in [1.54, 1.807) is 7.11 Å². The van der Waals surface area contributed by atoms with Crippen molar-refractivity contribution in [1.82, 2.24) is 0 Å². The largest absolute Gasteiger partial charge is 0.381 e. The maximum absolute atomic E-state index is 5.01. The molecule has 1 atom stereocenters. The van der Waals surface area contributed by atoms with Gasteiger partial charge in [0.25, 0.3) is 0 Å². The number of rotatable bonds is 9. The molecule has 0 spiro atoms. The number of hydrogen-bond acceptors (Lipinski definition) is 1. The van der Waals surface area contributed by atoms with Gasteiger partial charge in [0.15, 0.2) is 0 Å². The van der Waals surface area contributed by atoms with Gasteiger partial charge in [0.2, 0.25) is 0 Å². The first-order valence-corrected chi connectivity index (χ1v) is 6.88. The van der Waals surface area contributed by atoms with E-state index in [1.165, 1.54) is 31.3 Å². The molecule has 0 heterocycles. The fraction of sp³-hybridized carbons (Fsp3) is 0.750. The van der Waals surface area contributed by atoms with Crippen LogP contribution in [0.5, 0.6) is 0 Å². The van der Waals surface area contributed by atoms with Crippen LogP contribution < -0.4 is 0 Å². The molecule has 0 amide bonds. The van der Waals surface area contributed by atoms with Crippen LogP contribution in [0.4, 0.5) is 0 Å². The molecular weight excluding hydrogens is 208 g/mol. The summed E-state index contributed by atoms with van der Waals surface area (Å²) < 4.78 is 5.01. The number of ether oxygens (including phenoxy) is 1. The van der Waals surface area contributed by atoms with Crippen LogP contribution >= 0.6 is 0 Å². The molecule has 0 bridgehead atoms. The van der Waals surface area contributed by atoms with E-state index in [1.807, 2.05) is 0 Å². The highest BCUT2D eigenvalue weighted by Crippen LogP contribution is 2.15. The molecule has 17 heavy (non-hydrogen) atoms. The van der Waals surface area contributed by atoms with Crippen molar-refractivity contribution in [3.63, 3.8) is 0 Å². The Morgan fingerprint density at radius 3 is 2.47 bits per heavy atom. The van der Waals surface area contributed by atoms with Crippen LogP contribution in [0.2, 0.25) is 0 Å². The van der Waals surface area contributed by atoms with E-state index in [-0.39, 0.29) is 0 Å². The second-order valence-electron chi connectivity index (χ2n) is 5.47. The van der Waals surface area contributed by atoms with Crippen molar-refractivity contribution in [2.75, 3.05) is 13.7 Å². The molecule has 1 unspecified atom stereocenters. The highest BCUT2D eigenvalue weighted by atomic mass is 16.5. The van der Waals surface area contributed by atoms with Gasteiger partial charge in [0.1, 0.15) is 0 Å². The van der Waals surface area contributed by atoms with E-state index in [0.717, 1.165) is 11.8 Å². The molecule has 0 rings (SSSR count). The van der Waals surface area contributed by atoms with Gasteiger partial charge in [-0.25, -0.2) is 0 Å². The molecular formula is C16H30O. The molecule has 0 aromatic heterocycles. The van der Waals surface area contributed by atoms with Gasteiger partial charge in [-0.3, -0.25) is 0 Å². The molecule has 0 aromatic rings. The summed E-state index contributed by atoms with van der Waals surface area (Å²) in [6.07, 6.45) is 11.9. The van der Waals surface area contributed by atoms with Crippen molar-refractivity contribution in [3.8, 4) is 0 Å². The monoisotopic (exact) mass is 238 g/mol. The smallest absolute Gasteiger partial charge is 0.0649 e. The van der Waals surface area contributed by atoms with Crippen LogP contribution in [0.3, 0.4) is 0 Å². The molecule has 0 saturated carbocycles. The molecule has 1 heteroatoms. The lowest BCUT2D eigenvalue weighted by molar-refractivity contribution is 0.233. The first-order chi connectivity index (χ1) is 8.06. The predicted octanol–water partition coefficient (Wildman–Crippen LogP) is 4.99. The zero-order valence-corrected chi connectivity index (χ0v) is 12.3. The van der Waals surface area contributed by atoms with E-state index in [0.29, 0.717) is 6.61 Å². The van der Waals surface area contributed by atoms with Crippen molar-refractivity contribution in [1.29, 1.82) is 0 Å². The first-order valence-electron chi connectivity index (χ1n) is 6.88. The Labute approximate surface area is 108 Å². The second kappa shape index (κ2) is 10.6. The number of hydrogen-bond donors (Lipinski definition) is 0. The minimum absolute atomic E-state index is 0.708. The van der Waals surface area contributed by atoms with E-state index in [9.17, 15) is 0 Å². The molecule has 1 nitrogen and oxygen atoms in total. The Morgan fingerprint density at radius 1 is 1.18 bits per heavy atom. The standard InChI is InChI=1S/C16H30O/c1-14(2)8-6-9-15(3)10-7-11-16(4)12-13-17-5/h7,11-12,14-15H,6,8-10,13H2,1-5H3. The third-order valence-electron chi connectivity index (χ3n) is 2.97. The SMILES string of the molecule is COCC=C(C)C=CCC(C)CCCC(C)C. The molecule has 0 N–H and O–H groups in total. The van der Waals surface area contributed by atoms with E-state index < -0.39 is 0 Å². The number of methoxy groups -OCH3 is 1. The topological polar surface area (TPSA) is 9.23 Å². The average molecular weight is 238 g/mol. The van der Waals surface area contributed by atoms with Crippen LogP contribution in [-0.4, -0.2) is 13.7 Å². The Balaban J connectivity index is 3.68. The molecule has 0 aliphatic heterocycles. The predicted molar refractivity (Wildman–Crippen MR) is 77.2 cm³/mol. The van der Waals surface area contributed by atoms with Crippen LogP contribution in [0.25, 0.3) is 0 Å². The molecule has 0 aliphatic rings. The van der Waals surface area contributed by atoms with Gasteiger partial charge in [-0.1, -0.05) is 63.8 Å². The summed E-state index contributed by atoms with van der Waals surface area (Å²) in [5.74, 6) is 1.65. The van der Waals surface area contributed by atoms with Crippen molar-refractivity contribution in [3.05, 3.63) is 23.8 Å². The quantitative estimate of drug-likeness (QED) is 0.514. The fourth-order valence-corrected chi connectivity index (χ4v) is 1.76. The van der Waals surface area contributed by atoms with Crippen molar-refractivity contribution in [2.45, 2.75) is 53.4 Å². The Hall–Kier alpha value is -0.560. The number of allylic oxidation sites excluding steroid dienone is 3. The normalized spacial score (nSPS) is 14.8. The van der Waals surface area contributed by atoms with Gasteiger partial charge < -0.3 is 4.74 Å². The summed E-state index contributed by atoms with van der Waals surface area (Å²) in [6.45, 7) is 9.78. The zero-order valence-electron chi connectivity index (χ0n) is 12.3. The maximum Gasteiger partial charge on any atom is 0.0649 e. The molecule has 0 saturated heterocycles. The third-order valence-corrected chi connectivity index (χ3v) is 2.97. The summed E-state index contributed by atoms with van der Waals surface area (Å²) >= 11 is 0. The van der Waals surface area contributed by atoms with Gasteiger partial charge in [0, 0.05) is 7.11 Å². The molecule has 0 fully saturated rings. The molecule has 0 radical (unpaired) electrons. The average Bonchev–Trinajstić information content (AvgIpc) is 2.25. The van der Waals surface area contributed by atoms with Crippen LogP contribution in [-0.2, 0) is 4.74 Å². The summed E-state index contributed by atoms with van der Waals surface area (Å²) in [4.78, 5) is 0. The van der Waals surface area contributed by atoms with Gasteiger partial charge in [-0.15, -0.1) is 0 Å². The summed E-state index contributed by atoms with van der Waals surface area (Å²) in [6, 6.07) is 0. The lowest BCUT2D eigenvalue weighted by atomic mass is 9.97. The van der Waals surface area contributed by atoms with Gasteiger partial charge in [-0.2, -0.15) is 0 Å². The van der Waals surface area contributed by atoms with Gasteiger partial charge in [0.05, 0.1) is 6.61 Å². The third kappa shape index (κ3) is 11.7. The van der Waals surface area contributed by atoms with Crippen molar-refractivity contribution in [2.24, 2.45) is 11.8 Å². The Kier molecular flexibility index (Phi) is 10.2. The van der Waals surface area contributed by atoms with Crippen LogP contribution in [0.15, 0.2) is 23.8 Å². The van der Waals surface area contributed by atoms with Crippen LogP contribution in [0.1, 0.15) is 53.4 Å². The van der Waals surface area contributed by atoms with Crippen LogP contribution in [0, 0.1) is 11.8 Å². The summed E-state index contributed by atoms with van der Waals surface area (Å²) in [5, 5.41) is 0. The minimum Gasteiger partial charge on any atom is -0.381 e. The van der Waals surface area contributed by atoms with E-state index >= 15 is 0 Å². The highest BCUT2D eigenvalue weighted by molar-refractivity contribution is 5.15. The van der Waals surface area contributed by atoms with Crippen molar-refractivity contribution >= 4 is 0 Å². The molecule has 0 aliphatic carbocycles. The Bertz CT molecular complexity index is 226. The van der Waals surface area contributed by atoms with E-state index in [2.05, 4.69) is 45.9 Å². The minimum atomic E-state index is 0.708. The van der Waals surface area contributed by atoms with Gasteiger partial charge in [-0.05, 0) is 25.2 Å². The zero-order chi connectivity index (χ0) is 13.1. The summed E-state index contributed by atoms with van der Waals surface area (Å²) in [7, 11) is 1.73. The Morgan fingerprint density at radius 2 is 1.88 bits per heavy atom. The van der Waals surface area contributed by atoms with E-state index in [4.69, 9.17) is 4.74 Å². The highest BCUT2D eigenvalue weighted by Gasteiger charge is 2.00. The van der Waals surface area contributed by atoms with Crippen molar-refractivity contribution < 1.29 is 4.74 Å². The lowest BCUT2D eigenvalue weighted by Gasteiger charge is -2.09. The lowest BCUT2D eigenvalue weighted by Crippen LogP contribution is -1.95. The molecule has 0 aromatic carbocycles. The first kappa shape index (κ1) is 16.4. The molecule has 100 valence electrons. The van der Waals surface area contributed by atoms with Gasteiger partial charge >= 0.3 is 0 Å². The summed E-state index contributed by atoms with van der Waals surface area (Å²) in [5.41, 5.74) is 1.29.